The topological polar surface area (TPSA) is 52.6 Å². The highest BCUT2D eigenvalue weighted by Gasteiger charge is 2.13. The largest absolute Gasteiger partial charge is 0.490 e. The molecule has 0 fully saturated rings. The number of nitrogens with one attached hydrogen (secondary N) is 1. The SMILES string of the molecule is CCOc1cc(CNCCCOc2ccccn2)cc(Br)c1OCc1ccccc1C. The van der Waals surface area contributed by atoms with Crippen LogP contribution in [0.1, 0.15) is 30.0 Å². The maximum atomic E-state index is 6.13. The molecule has 6 heteroatoms. The molecular formula is C25H29BrN2O3. The van der Waals surface area contributed by atoms with Crippen LogP contribution in [0.2, 0.25) is 0 Å². The van der Waals surface area contributed by atoms with Gasteiger partial charge in [-0.2, -0.15) is 0 Å². The lowest BCUT2D eigenvalue weighted by atomic mass is 10.1. The maximum absolute atomic E-state index is 6.13. The lowest BCUT2D eigenvalue weighted by molar-refractivity contribution is 0.267. The fourth-order valence-corrected chi connectivity index (χ4v) is 3.69. The van der Waals surface area contributed by atoms with Crippen molar-refractivity contribution in [1.82, 2.24) is 10.3 Å². The quantitative estimate of drug-likeness (QED) is 0.334. The van der Waals surface area contributed by atoms with Gasteiger partial charge in [-0.15, -0.1) is 0 Å². The highest BCUT2D eigenvalue weighted by Crippen LogP contribution is 2.37. The monoisotopic (exact) mass is 484 g/mol. The van der Waals surface area contributed by atoms with Gasteiger partial charge in [-0.05, 0) is 77.6 Å². The number of hydrogen-bond donors (Lipinski definition) is 1. The van der Waals surface area contributed by atoms with Gasteiger partial charge in [0.1, 0.15) is 6.61 Å². The Bertz CT molecular complexity index is 951. The number of halogens is 1. The summed E-state index contributed by atoms with van der Waals surface area (Å²) in [6.45, 7) is 7.36. The maximum Gasteiger partial charge on any atom is 0.213 e. The minimum absolute atomic E-state index is 0.499. The molecule has 0 aliphatic rings. The fraction of sp³-hybridized carbons (Fsp3) is 0.320. The second-order valence-electron chi connectivity index (χ2n) is 7.10. The van der Waals surface area contributed by atoms with Crippen LogP contribution in [0.15, 0.2) is 65.3 Å². The van der Waals surface area contributed by atoms with E-state index in [0.29, 0.717) is 25.7 Å². The Labute approximate surface area is 192 Å². The smallest absolute Gasteiger partial charge is 0.213 e. The zero-order valence-corrected chi connectivity index (χ0v) is 19.7. The molecule has 0 bridgehead atoms. The van der Waals surface area contributed by atoms with Crippen molar-refractivity contribution in [2.75, 3.05) is 19.8 Å². The van der Waals surface area contributed by atoms with Gasteiger partial charge in [0.2, 0.25) is 5.88 Å². The molecule has 1 aromatic heterocycles. The van der Waals surface area contributed by atoms with Crippen LogP contribution in [0.5, 0.6) is 17.4 Å². The highest BCUT2D eigenvalue weighted by molar-refractivity contribution is 9.10. The van der Waals surface area contributed by atoms with E-state index in [-0.39, 0.29) is 0 Å². The van der Waals surface area contributed by atoms with Crippen molar-refractivity contribution < 1.29 is 14.2 Å². The lowest BCUT2D eigenvalue weighted by Crippen LogP contribution is -2.17. The summed E-state index contributed by atoms with van der Waals surface area (Å²) in [7, 11) is 0. The predicted octanol–water partition coefficient (Wildman–Crippen LogP) is 5.69. The molecule has 0 amide bonds. The van der Waals surface area contributed by atoms with Crippen LogP contribution >= 0.6 is 15.9 Å². The summed E-state index contributed by atoms with van der Waals surface area (Å²) in [5.41, 5.74) is 3.50. The van der Waals surface area contributed by atoms with Crippen LogP contribution < -0.4 is 19.5 Å². The third-order valence-electron chi connectivity index (χ3n) is 4.72. The molecule has 0 unspecified atom stereocenters. The van der Waals surface area contributed by atoms with Crippen LogP contribution in [0.4, 0.5) is 0 Å². The first-order chi connectivity index (χ1) is 15.2. The van der Waals surface area contributed by atoms with E-state index in [1.54, 1.807) is 6.20 Å². The molecule has 31 heavy (non-hydrogen) atoms. The molecule has 0 saturated heterocycles. The first-order valence-electron chi connectivity index (χ1n) is 10.5. The summed E-state index contributed by atoms with van der Waals surface area (Å²) in [5, 5.41) is 3.45. The van der Waals surface area contributed by atoms with E-state index >= 15 is 0 Å². The average Bonchev–Trinajstić information content (AvgIpc) is 2.77. The van der Waals surface area contributed by atoms with Gasteiger partial charge in [0.25, 0.3) is 0 Å². The molecule has 5 nitrogen and oxygen atoms in total. The molecular weight excluding hydrogens is 456 g/mol. The van der Waals surface area contributed by atoms with E-state index in [1.807, 2.05) is 43.3 Å². The first kappa shape index (κ1) is 23.1. The molecule has 0 aliphatic heterocycles. The standard InChI is InChI=1S/C25H29BrN2O3/c1-3-29-23-16-20(17-27-12-8-14-30-24-11-6-7-13-28-24)15-22(26)25(23)31-18-21-10-5-4-9-19(21)2/h4-7,9-11,13,15-16,27H,3,8,12,14,17-18H2,1-2H3. The molecule has 3 rings (SSSR count). The summed E-state index contributed by atoms with van der Waals surface area (Å²) < 4.78 is 18.5. The second kappa shape index (κ2) is 12.3. The molecule has 0 saturated carbocycles. The van der Waals surface area contributed by atoms with E-state index in [0.717, 1.165) is 46.6 Å². The van der Waals surface area contributed by atoms with Gasteiger partial charge < -0.3 is 19.5 Å². The Kier molecular flexibility index (Phi) is 9.18. The number of hydrogen-bond acceptors (Lipinski definition) is 5. The highest BCUT2D eigenvalue weighted by atomic mass is 79.9. The van der Waals surface area contributed by atoms with E-state index in [4.69, 9.17) is 14.2 Å². The van der Waals surface area contributed by atoms with Crippen molar-refractivity contribution in [3.63, 3.8) is 0 Å². The van der Waals surface area contributed by atoms with Crippen LogP contribution in [-0.4, -0.2) is 24.7 Å². The molecule has 0 radical (unpaired) electrons. The van der Waals surface area contributed by atoms with Crippen LogP contribution in [-0.2, 0) is 13.2 Å². The van der Waals surface area contributed by atoms with Gasteiger partial charge >= 0.3 is 0 Å². The van der Waals surface area contributed by atoms with Crippen LogP contribution in [0, 0.1) is 6.92 Å². The van der Waals surface area contributed by atoms with Gasteiger partial charge in [0.05, 0.1) is 17.7 Å². The Morgan fingerprint density at radius 1 is 1.00 bits per heavy atom. The Hall–Kier alpha value is -2.57. The van der Waals surface area contributed by atoms with E-state index in [9.17, 15) is 0 Å². The Morgan fingerprint density at radius 2 is 1.84 bits per heavy atom. The fourth-order valence-electron chi connectivity index (χ4n) is 3.09. The van der Waals surface area contributed by atoms with E-state index < -0.39 is 0 Å². The Morgan fingerprint density at radius 3 is 2.61 bits per heavy atom. The minimum atomic E-state index is 0.499. The number of rotatable bonds is 12. The zero-order chi connectivity index (χ0) is 21.9. The van der Waals surface area contributed by atoms with Crippen molar-refractivity contribution in [2.45, 2.75) is 33.4 Å². The van der Waals surface area contributed by atoms with Crippen LogP contribution in [0.3, 0.4) is 0 Å². The summed E-state index contributed by atoms with van der Waals surface area (Å²) >= 11 is 3.66. The normalized spacial score (nSPS) is 10.7. The molecule has 0 aliphatic carbocycles. The van der Waals surface area contributed by atoms with Crippen molar-refractivity contribution in [2.24, 2.45) is 0 Å². The molecule has 1 heterocycles. The Balaban J connectivity index is 1.52. The van der Waals surface area contributed by atoms with Gasteiger partial charge in [-0.1, -0.05) is 30.3 Å². The molecule has 0 atom stereocenters. The predicted molar refractivity (Wildman–Crippen MR) is 127 cm³/mol. The molecule has 3 aromatic rings. The van der Waals surface area contributed by atoms with E-state index in [1.165, 1.54) is 5.56 Å². The summed E-state index contributed by atoms with van der Waals surface area (Å²) in [6, 6.07) is 18.0. The van der Waals surface area contributed by atoms with Gasteiger partial charge in [0.15, 0.2) is 11.5 Å². The summed E-state index contributed by atoms with van der Waals surface area (Å²) in [5.74, 6) is 2.15. The number of ether oxygens (including phenoxy) is 3. The average molecular weight is 485 g/mol. The number of nitrogens with zero attached hydrogens (tertiary/aromatic N) is 1. The minimum Gasteiger partial charge on any atom is -0.490 e. The zero-order valence-electron chi connectivity index (χ0n) is 18.1. The number of pyridine rings is 1. The number of benzene rings is 2. The summed E-state index contributed by atoms with van der Waals surface area (Å²) in [4.78, 5) is 4.15. The van der Waals surface area contributed by atoms with Crippen LogP contribution in [0.25, 0.3) is 0 Å². The van der Waals surface area contributed by atoms with Gasteiger partial charge in [-0.25, -0.2) is 4.98 Å². The van der Waals surface area contributed by atoms with E-state index in [2.05, 4.69) is 51.4 Å². The second-order valence-corrected chi connectivity index (χ2v) is 7.95. The van der Waals surface area contributed by atoms with Crippen molar-refractivity contribution in [3.05, 3.63) is 82.0 Å². The van der Waals surface area contributed by atoms with Gasteiger partial charge in [0, 0.05) is 18.8 Å². The molecule has 164 valence electrons. The lowest BCUT2D eigenvalue weighted by Gasteiger charge is -2.16. The molecule has 2 aromatic carbocycles. The van der Waals surface area contributed by atoms with Crippen molar-refractivity contribution in [3.8, 4) is 17.4 Å². The van der Waals surface area contributed by atoms with Crippen molar-refractivity contribution in [1.29, 1.82) is 0 Å². The van der Waals surface area contributed by atoms with Gasteiger partial charge in [-0.3, -0.25) is 0 Å². The third kappa shape index (κ3) is 7.26. The molecule has 1 N–H and O–H groups in total. The number of aromatic nitrogens is 1. The third-order valence-corrected chi connectivity index (χ3v) is 5.31. The number of aryl methyl sites for hydroxylation is 1. The summed E-state index contributed by atoms with van der Waals surface area (Å²) in [6.07, 6.45) is 2.63. The first-order valence-corrected chi connectivity index (χ1v) is 11.3. The van der Waals surface area contributed by atoms with Crippen molar-refractivity contribution >= 4 is 15.9 Å². The molecule has 0 spiro atoms.